The van der Waals surface area contributed by atoms with Crippen LogP contribution in [0, 0.1) is 5.41 Å². The predicted octanol–water partition coefficient (Wildman–Crippen LogP) is 3.75. The zero-order valence-corrected chi connectivity index (χ0v) is 16.5. The summed E-state index contributed by atoms with van der Waals surface area (Å²) < 4.78 is 44.8. The quantitative estimate of drug-likeness (QED) is 0.722. The Balaban J connectivity index is 0.00000364. The first-order valence-corrected chi connectivity index (χ1v) is 8.90. The van der Waals surface area contributed by atoms with Crippen LogP contribution in [0.5, 0.6) is 0 Å². The molecule has 0 spiro atoms. The smallest absolute Gasteiger partial charge is 0.384 e. The molecule has 1 saturated heterocycles. The number of ether oxygens (including phenoxy) is 1. The molecule has 27 heavy (non-hydrogen) atoms. The van der Waals surface area contributed by atoms with Gasteiger partial charge in [-0.15, -0.1) is 12.4 Å². The summed E-state index contributed by atoms with van der Waals surface area (Å²) in [5, 5.41) is 6.19. The van der Waals surface area contributed by atoms with Gasteiger partial charge in [-0.05, 0) is 43.5 Å². The van der Waals surface area contributed by atoms with E-state index in [9.17, 15) is 18.0 Å². The number of hydrogen-bond donors (Lipinski definition) is 2. The normalized spacial score (nSPS) is 17.7. The first kappa shape index (κ1) is 23.7. The van der Waals surface area contributed by atoms with Crippen LogP contribution in [0.15, 0.2) is 24.3 Å². The second-order valence-corrected chi connectivity index (χ2v) is 7.15. The van der Waals surface area contributed by atoms with Gasteiger partial charge in [-0.2, -0.15) is 13.2 Å². The van der Waals surface area contributed by atoms with Gasteiger partial charge in [0.25, 0.3) is 0 Å². The van der Waals surface area contributed by atoms with E-state index in [-0.39, 0.29) is 35.7 Å². The summed E-state index contributed by atoms with van der Waals surface area (Å²) in [6.45, 7) is 4.43. The fourth-order valence-electron chi connectivity index (χ4n) is 3.57. The fourth-order valence-corrected chi connectivity index (χ4v) is 3.57. The Hall–Kier alpha value is -1.31. The first-order valence-electron chi connectivity index (χ1n) is 8.90. The fraction of sp³-hybridized carbons (Fsp3) is 0.632. The Morgan fingerprint density at radius 3 is 2.52 bits per heavy atom. The standard InChI is InChI=1S/C19H27F3N2O2.ClH/c1-14(15-5-3-4-6-16(15)19(20,21)22)11-17(25)24-12-18(13-26-2)7-9-23-10-8-18;/h3-6,14,23H,7-13H2,1-2H3,(H,24,25);1H. The number of benzene rings is 1. The van der Waals surface area contributed by atoms with Crippen molar-refractivity contribution in [1.82, 2.24) is 10.6 Å². The summed E-state index contributed by atoms with van der Waals surface area (Å²) >= 11 is 0. The molecule has 1 atom stereocenters. The van der Waals surface area contributed by atoms with Gasteiger partial charge in [0.2, 0.25) is 5.91 Å². The number of nitrogens with one attached hydrogen (secondary N) is 2. The third-order valence-corrected chi connectivity index (χ3v) is 5.06. The molecule has 1 aliphatic rings. The summed E-state index contributed by atoms with van der Waals surface area (Å²) in [7, 11) is 1.64. The Bertz CT molecular complexity index is 599. The number of rotatable bonds is 7. The summed E-state index contributed by atoms with van der Waals surface area (Å²) in [4.78, 5) is 12.3. The molecule has 1 aromatic carbocycles. The Morgan fingerprint density at radius 1 is 1.30 bits per heavy atom. The maximum atomic E-state index is 13.2. The van der Waals surface area contributed by atoms with Gasteiger partial charge in [-0.3, -0.25) is 4.79 Å². The highest BCUT2D eigenvalue weighted by atomic mass is 35.5. The van der Waals surface area contributed by atoms with Crippen LogP contribution in [0.1, 0.15) is 43.2 Å². The van der Waals surface area contributed by atoms with Gasteiger partial charge in [0, 0.05) is 25.5 Å². The lowest BCUT2D eigenvalue weighted by Crippen LogP contribution is -2.47. The Morgan fingerprint density at radius 2 is 1.93 bits per heavy atom. The summed E-state index contributed by atoms with van der Waals surface area (Å²) in [5.41, 5.74) is -0.624. The molecule has 2 N–H and O–H groups in total. The zero-order chi connectivity index (χ0) is 19.2. The molecular formula is C19H28ClF3N2O2. The minimum absolute atomic E-state index is 0. The molecule has 0 aliphatic carbocycles. The lowest BCUT2D eigenvalue weighted by molar-refractivity contribution is -0.138. The summed E-state index contributed by atoms with van der Waals surface area (Å²) in [6, 6.07) is 5.44. The maximum absolute atomic E-state index is 13.2. The molecular weight excluding hydrogens is 381 g/mol. The second kappa shape index (κ2) is 10.3. The lowest BCUT2D eigenvalue weighted by atomic mass is 9.79. The van der Waals surface area contributed by atoms with Gasteiger partial charge < -0.3 is 15.4 Å². The van der Waals surface area contributed by atoms with E-state index in [1.54, 1.807) is 20.1 Å². The van der Waals surface area contributed by atoms with Crippen molar-refractivity contribution in [1.29, 1.82) is 0 Å². The van der Waals surface area contributed by atoms with Crippen LogP contribution >= 0.6 is 12.4 Å². The highest BCUT2D eigenvalue weighted by molar-refractivity contribution is 5.85. The number of methoxy groups -OCH3 is 1. The van der Waals surface area contributed by atoms with Gasteiger partial charge in [-0.25, -0.2) is 0 Å². The predicted molar refractivity (Wildman–Crippen MR) is 101 cm³/mol. The number of carbonyl (C=O) groups excluding carboxylic acids is 1. The van der Waals surface area contributed by atoms with Gasteiger partial charge in [-0.1, -0.05) is 25.1 Å². The second-order valence-electron chi connectivity index (χ2n) is 7.15. The summed E-state index contributed by atoms with van der Waals surface area (Å²) in [6.07, 6.45) is -2.60. The molecule has 4 nitrogen and oxygen atoms in total. The van der Waals surface area contributed by atoms with E-state index in [1.807, 2.05) is 0 Å². The van der Waals surface area contributed by atoms with Crippen molar-refractivity contribution in [2.24, 2.45) is 5.41 Å². The molecule has 2 rings (SSSR count). The van der Waals surface area contributed by atoms with Crippen LogP contribution in [-0.2, 0) is 15.7 Å². The Labute approximate surface area is 164 Å². The van der Waals surface area contributed by atoms with Crippen LogP contribution in [0.3, 0.4) is 0 Å². The van der Waals surface area contributed by atoms with Crippen molar-refractivity contribution in [3.8, 4) is 0 Å². The highest BCUT2D eigenvalue weighted by Crippen LogP contribution is 2.36. The van der Waals surface area contributed by atoms with Gasteiger partial charge in [0.1, 0.15) is 0 Å². The van der Waals surface area contributed by atoms with Gasteiger partial charge >= 0.3 is 6.18 Å². The maximum Gasteiger partial charge on any atom is 0.416 e. The Kier molecular flexibility index (Phi) is 9.05. The van der Waals surface area contributed by atoms with Crippen molar-refractivity contribution in [3.05, 3.63) is 35.4 Å². The summed E-state index contributed by atoms with van der Waals surface area (Å²) in [5.74, 6) is -0.747. The average Bonchev–Trinajstić information content (AvgIpc) is 2.60. The SMILES string of the molecule is COCC1(CNC(=O)CC(C)c2ccccc2C(F)(F)F)CCNCC1.Cl. The van der Waals surface area contributed by atoms with E-state index in [0.717, 1.165) is 32.0 Å². The lowest BCUT2D eigenvalue weighted by Gasteiger charge is -2.37. The van der Waals surface area contributed by atoms with E-state index in [1.165, 1.54) is 12.1 Å². The number of piperidine rings is 1. The van der Waals surface area contributed by atoms with E-state index in [4.69, 9.17) is 4.74 Å². The van der Waals surface area contributed by atoms with Crippen LogP contribution < -0.4 is 10.6 Å². The van der Waals surface area contributed by atoms with Crippen LogP contribution in [0.2, 0.25) is 0 Å². The minimum Gasteiger partial charge on any atom is -0.384 e. The zero-order valence-electron chi connectivity index (χ0n) is 15.7. The molecule has 1 aromatic rings. The molecule has 1 heterocycles. The molecule has 8 heteroatoms. The van der Waals surface area contributed by atoms with E-state index >= 15 is 0 Å². The third kappa shape index (κ3) is 6.66. The number of carbonyl (C=O) groups is 1. The van der Waals surface area contributed by atoms with Crippen LogP contribution in [0.4, 0.5) is 13.2 Å². The number of hydrogen-bond acceptors (Lipinski definition) is 3. The highest BCUT2D eigenvalue weighted by Gasteiger charge is 2.35. The van der Waals surface area contributed by atoms with Crippen molar-refractivity contribution >= 4 is 18.3 Å². The average molecular weight is 409 g/mol. The molecule has 1 unspecified atom stereocenters. The minimum atomic E-state index is -4.42. The van der Waals surface area contributed by atoms with Crippen LogP contribution in [0.25, 0.3) is 0 Å². The van der Waals surface area contributed by atoms with Crippen molar-refractivity contribution in [2.45, 2.75) is 38.3 Å². The molecule has 0 bridgehead atoms. The number of alkyl halides is 3. The van der Waals surface area contributed by atoms with Crippen molar-refractivity contribution in [2.75, 3.05) is 33.4 Å². The molecule has 154 valence electrons. The van der Waals surface area contributed by atoms with E-state index in [2.05, 4.69) is 10.6 Å². The van der Waals surface area contributed by atoms with Gasteiger partial charge in [0.15, 0.2) is 0 Å². The monoisotopic (exact) mass is 408 g/mol. The molecule has 0 radical (unpaired) electrons. The largest absolute Gasteiger partial charge is 0.416 e. The number of amides is 1. The third-order valence-electron chi connectivity index (χ3n) is 5.06. The molecule has 0 aromatic heterocycles. The number of halogens is 4. The van der Waals surface area contributed by atoms with E-state index in [0.29, 0.717) is 13.2 Å². The van der Waals surface area contributed by atoms with Crippen molar-refractivity contribution < 1.29 is 22.7 Å². The van der Waals surface area contributed by atoms with E-state index < -0.39 is 17.7 Å². The first-order chi connectivity index (χ1) is 12.3. The molecule has 1 aliphatic heterocycles. The topological polar surface area (TPSA) is 50.4 Å². The molecule has 1 amide bonds. The molecule has 0 saturated carbocycles. The molecule has 1 fully saturated rings. The van der Waals surface area contributed by atoms with Crippen molar-refractivity contribution in [3.63, 3.8) is 0 Å². The van der Waals surface area contributed by atoms with Gasteiger partial charge in [0.05, 0.1) is 12.2 Å². The van der Waals surface area contributed by atoms with Crippen LogP contribution in [-0.4, -0.2) is 39.3 Å².